The molecule has 0 spiro atoms. The second kappa shape index (κ2) is 6.61. The van der Waals surface area contributed by atoms with Gasteiger partial charge >= 0.3 is 0 Å². The maximum atomic E-state index is 12.1. The van der Waals surface area contributed by atoms with E-state index in [1.807, 2.05) is 6.07 Å². The van der Waals surface area contributed by atoms with Crippen molar-refractivity contribution >= 4 is 17.3 Å². The van der Waals surface area contributed by atoms with Crippen LogP contribution in [0.5, 0.6) is 0 Å². The molecule has 1 aliphatic rings. The lowest BCUT2D eigenvalue weighted by atomic mass is 10.1. The third-order valence-electron chi connectivity index (χ3n) is 3.49. The van der Waals surface area contributed by atoms with Gasteiger partial charge in [0.2, 0.25) is 0 Å². The molecule has 20 heavy (non-hydrogen) atoms. The van der Waals surface area contributed by atoms with Crippen LogP contribution >= 0.6 is 0 Å². The van der Waals surface area contributed by atoms with Gasteiger partial charge in [-0.2, -0.15) is 0 Å². The minimum atomic E-state index is -0.0235. The van der Waals surface area contributed by atoms with Crippen molar-refractivity contribution in [3.63, 3.8) is 0 Å². The zero-order chi connectivity index (χ0) is 14.5. The summed E-state index contributed by atoms with van der Waals surface area (Å²) in [5.41, 5.74) is 7.90. The fourth-order valence-corrected chi connectivity index (χ4v) is 2.38. The summed E-state index contributed by atoms with van der Waals surface area (Å²) in [6.07, 6.45) is 3.57. The molecule has 1 heterocycles. The van der Waals surface area contributed by atoms with Gasteiger partial charge in [0.15, 0.2) is 0 Å². The van der Waals surface area contributed by atoms with Crippen LogP contribution < -0.4 is 11.1 Å². The smallest absolute Gasteiger partial charge is 0.255 e. The Morgan fingerprint density at radius 2 is 2.30 bits per heavy atom. The molecule has 1 atom stereocenters. The van der Waals surface area contributed by atoms with Crippen LogP contribution in [-0.4, -0.2) is 44.2 Å². The van der Waals surface area contributed by atoms with Crippen molar-refractivity contribution in [2.75, 3.05) is 38.3 Å². The van der Waals surface area contributed by atoms with Crippen molar-refractivity contribution in [1.82, 2.24) is 4.90 Å². The van der Waals surface area contributed by atoms with Crippen molar-refractivity contribution in [2.45, 2.75) is 25.4 Å². The van der Waals surface area contributed by atoms with Gasteiger partial charge in [0.05, 0.1) is 11.7 Å². The topological polar surface area (TPSA) is 67.6 Å². The summed E-state index contributed by atoms with van der Waals surface area (Å²) in [5.74, 6) is -0.0235. The molecule has 0 saturated carbocycles. The lowest BCUT2D eigenvalue weighted by Gasteiger charge is -2.17. The number of nitrogens with zero attached hydrogens (tertiary/aromatic N) is 1. The number of nitrogen functional groups attached to an aromatic ring is 1. The summed E-state index contributed by atoms with van der Waals surface area (Å²) >= 11 is 0. The molecule has 0 aromatic heterocycles. The molecule has 1 saturated heterocycles. The lowest BCUT2D eigenvalue weighted by Crippen LogP contribution is -2.23. The Bertz CT molecular complexity index is 468. The molecule has 2 rings (SSSR count). The predicted molar refractivity (Wildman–Crippen MR) is 81.0 cm³/mol. The van der Waals surface area contributed by atoms with E-state index in [2.05, 4.69) is 5.32 Å². The van der Waals surface area contributed by atoms with E-state index >= 15 is 0 Å². The first kappa shape index (κ1) is 14.7. The normalized spacial score (nSPS) is 18.0. The summed E-state index contributed by atoms with van der Waals surface area (Å²) < 4.78 is 5.59. The van der Waals surface area contributed by atoms with Crippen LogP contribution in [0.4, 0.5) is 11.4 Å². The van der Waals surface area contributed by atoms with Gasteiger partial charge in [-0.15, -0.1) is 0 Å². The summed E-state index contributed by atoms with van der Waals surface area (Å²) in [5, 5.41) is 3.31. The first-order valence-corrected chi connectivity index (χ1v) is 7.04. The number of nitrogens with two attached hydrogens (primary N) is 1. The number of amides is 1. The Hall–Kier alpha value is -1.75. The van der Waals surface area contributed by atoms with Crippen molar-refractivity contribution in [2.24, 2.45) is 0 Å². The Morgan fingerprint density at radius 1 is 1.50 bits per heavy atom. The molecule has 5 heteroatoms. The number of hydrogen-bond donors (Lipinski definition) is 2. The molecule has 1 unspecified atom stereocenters. The number of nitrogens with one attached hydrogen (secondary N) is 1. The summed E-state index contributed by atoms with van der Waals surface area (Å²) in [6.45, 7) is 1.65. The molecule has 3 N–H and O–H groups in total. The minimum absolute atomic E-state index is 0.0235. The molecular formula is C15H23N3O2. The van der Waals surface area contributed by atoms with E-state index in [0.717, 1.165) is 38.1 Å². The number of rotatable bonds is 5. The van der Waals surface area contributed by atoms with Crippen molar-refractivity contribution in [1.29, 1.82) is 0 Å². The average Bonchev–Trinajstić information content (AvgIpc) is 2.91. The molecule has 1 fully saturated rings. The second-order valence-electron chi connectivity index (χ2n) is 5.36. The molecule has 1 aromatic carbocycles. The Balaban J connectivity index is 2.01. The van der Waals surface area contributed by atoms with Crippen molar-refractivity contribution in [3.8, 4) is 0 Å². The van der Waals surface area contributed by atoms with Gasteiger partial charge in [-0.25, -0.2) is 0 Å². The zero-order valence-electron chi connectivity index (χ0n) is 12.2. The number of benzene rings is 1. The number of anilines is 2. The number of hydrogen-bond acceptors (Lipinski definition) is 4. The largest absolute Gasteiger partial charge is 0.399 e. The number of carbonyl (C=O) groups is 1. The molecule has 110 valence electrons. The van der Waals surface area contributed by atoms with Crippen molar-refractivity contribution < 1.29 is 9.53 Å². The number of carbonyl (C=O) groups excluding carboxylic acids is 1. The van der Waals surface area contributed by atoms with Crippen molar-refractivity contribution in [3.05, 3.63) is 23.8 Å². The number of ether oxygens (including phenoxy) is 1. The minimum Gasteiger partial charge on any atom is -0.399 e. The van der Waals surface area contributed by atoms with Gasteiger partial charge in [-0.3, -0.25) is 4.79 Å². The van der Waals surface area contributed by atoms with Crippen LogP contribution in [0, 0.1) is 0 Å². The van der Waals surface area contributed by atoms with Crippen LogP contribution in [0.2, 0.25) is 0 Å². The van der Waals surface area contributed by atoms with E-state index < -0.39 is 0 Å². The van der Waals surface area contributed by atoms with Crippen LogP contribution in [-0.2, 0) is 4.74 Å². The maximum absolute atomic E-state index is 12.1. The molecule has 1 amide bonds. The van der Waals surface area contributed by atoms with Gasteiger partial charge in [-0.1, -0.05) is 0 Å². The SMILES string of the molecule is CN(C)C(=O)c1ccc(N)cc1NCCC1CCCO1. The highest BCUT2D eigenvalue weighted by molar-refractivity contribution is 5.99. The Kier molecular flexibility index (Phi) is 4.84. The van der Waals surface area contributed by atoms with Crippen LogP contribution in [0.15, 0.2) is 18.2 Å². The van der Waals surface area contributed by atoms with Crippen LogP contribution in [0.3, 0.4) is 0 Å². The monoisotopic (exact) mass is 277 g/mol. The van der Waals surface area contributed by atoms with Crippen LogP contribution in [0.25, 0.3) is 0 Å². The highest BCUT2D eigenvalue weighted by Crippen LogP contribution is 2.21. The Labute approximate surface area is 120 Å². The van der Waals surface area contributed by atoms with Gasteiger partial charge < -0.3 is 20.7 Å². The van der Waals surface area contributed by atoms with Gasteiger partial charge in [0.25, 0.3) is 5.91 Å². The molecule has 0 bridgehead atoms. The third-order valence-corrected chi connectivity index (χ3v) is 3.49. The van der Waals surface area contributed by atoms with Gasteiger partial charge in [-0.05, 0) is 37.5 Å². The molecular weight excluding hydrogens is 254 g/mol. The molecule has 5 nitrogen and oxygen atoms in total. The van der Waals surface area contributed by atoms with E-state index in [9.17, 15) is 4.79 Å². The van der Waals surface area contributed by atoms with Crippen LogP contribution in [0.1, 0.15) is 29.6 Å². The first-order chi connectivity index (χ1) is 9.58. The van der Waals surface area contributed by atoms with E-state index in [0.29, 0.717) is 17.4 Å². The third kappa shape index (κ3) is 3.63. The molecule has 0 radical (unpaired) electrons. The molecule has 1 aromatic rings. The second-order valence-corrected chi connectivity index (χ2v) is 5.36. The average molecular weight is 277 g/mol. The summed E-state index contributed by atoms with van der Waals surface area (Å²) in [7, 11) is 3.49. The fourth-order valence-electron chi connectivity index (χ4n) is 2.38. The van der Waals surface area contributed by atoms with Gasteiger partial charge in [0.1, 0.15) is 0 Å². The Morgan fingerprint density at radius 3 is 2.95 bits per heavy atom. The lowest BCUT2D eigenvalue weighted by molar-refractivity contribution is 0.0828. The summed E-state index contributed by atoms with van der Waals surface area (Å²) in [4.78, 5) is 13.7. The first-order valence-electron chi connectivity index (χ1n) is 7.04. The fraction of sp³-hybridized carbons (Fsp3) is 0.533. The standard InChI is InChI=1S/C15H23N3O2/c1-18(2)15(19)13-6-5-11(16)10-14(13)17-8-7-12-4-3-9-20-12/h5-6,10,12,17H,3-4,7-9,16H2,1-2H3. The van der Waals surface area contributed by atoms with Gasteiger partial charge in [0, 0.05) is 38.6 Å². The summed E-state index contributed by atoms with van der Waals surface area (Å²) in [6, 6.07) is 5.33. The molecule has 1 aliphatic heterocycles. The van der Waals surface area contributed by atoms with E-state index in [1.54, 1.807) is 31.1 Å². The maximum Gasteiger partial charge on any atom is 0.255 e. The molecule has 0 aliphatic carbocycles. The zero-order valence-corrected chi connectivity index (χ0v) is 12.2. The van der Waals surface area contributed by atoms with E-state index in [1.165, 1.54) is 0 Å². The van der Waals surface area contributed by atoms with E-state index in [-0.39, 0.29) is 5.91 Å². The predicted octanol–water partition coefficient (Wildman–Crippen LogP) is 1.95. The highest BCUT2D eigenvalue weighted by atomic mass is 16.5. The van der Waals surface area contributed by atoms with E-state index in [4.69, 9.17) is 10.5 Å². The highest BCUT2D eigenvalue weighted by Gasteiger charge is 2.16. The quantitative estimate of drug-likeness (QED) is 0.807.